The molecule has 0 aliphatic carbocycles. The second-order valence-corrected chi connectivity index (χ2v) is 3.46. The molecule has 4 amide bonds. The quantitative estimate of drug-likeness (QED) is 0.532. The highest BCUT2D eigenvalue weighted by molar-refractivity contribution is 6.20. The second-order valence-electron chi connectivity index (χ2n) is 3.46. The number of barbiturate groups is 1. The van der Waals surface area contributed by atoms with E-state index in [1.165, 1.54) is 6.08 Å². The predicted octanol–water partition coefficient (Wildman–Crippen LogP) is 0.715. The van der Waals surface area contributed by atoms with Crippen molar-refractivity contribution in [2.75, 3.05) is 0 Å². The summed E-state index contributed by atoms with van der Waals surface area (Å²) in [6.45, 7) is 3.61. The summed E-state index contributed by atoms with van der Waals surface area (Å²) >= 11 is 0. The number of urea groups is 1. The highest BCUT2D eigenvalue weighted by atomic mass is 16.2. The lowest BCUT2D eigenvalue weighted by molar-refractivity contribution is -0.141. The third kappa shape index (κ3) is 1.91. The third-order valence-electron chi connectivity index (χ3n) is 2.36. The Labute approximate surface area is 87.9 Å². The van der Waals surface area contributed by atoms with Crippen LogP contribution in [0.4, 0.5) is 4.79 Å². The van der Waals surface area contributed by atoms with Gasteiger partial charge in [-0.15, -0.1) is 0 Å². The minimum atomic E-state index is -1.22. The first kappa shape index (κ1) is 11.4. The van der Waals surface area contributed by atoms with Crippen molar-refractivity contribution in [3.63, 3.8) is 0 Å². The van der Waals surface area contributed by atoms with E-state index in [9.17, 15) is 14.4 Å². The van der Waals surface area contributed by atoms with Crippen LogP contribution in [0.3, 0.4) is 0 Å². The maximum absolute atomic E-state index is 11.7. The Kier molecular flexibility index (Phi) is 3.24. The lowest BCUT2D eigenvalue weighted by atomic mass is 9.80. The number of rotatable bonds is 3. The number of amides is 4. The molecule has 0 atom stereocenters. The Bertz CT molecular complexity index is 314. The van der Waals surface area contributed by atoms with E-state index < -0.39 is 23.3 Å². The van der Waals surface area contributed by atoms with Gasteiger partial charge in [-0.25, -0.2) is 4.79 Å². The summed E-state index contributed by atoms with van der Waals surface area (Å²) in [5, 5.41) is 4.22. The Morgan fingerprint density at radius 2 is 1.73 bits per heavy atom. The molecule has 1 rings (SSSR count). The minimum Gasteiger partial charge on any atom is -0.277 e. The summed E-state index contributed by atoms with van der Waals surface area (Å²) in [7, 11) is 0. The van der Waals surface area contributed by atoms with Gasteiger partial charge in [0.05, 0.1) is 0 Å². The summed E-state index contributed by atoms with van der Waals surface area (Å²) in [6, 6.07) is -0.749. The van der Waals surface area contributed by atoms with Gasteiger partial charge >= 0.3 is 6.03 Å². The average molecular weight is 210 g/mol. The maximum Gasteiger partial charge on any atom is 0.328 e. The largest absolute Gasteiger partial charge is 0.328 e. The van der Waals surface area contributed by atoms with Crippen molar-refractivity contribution in [2.45, 2.75) is 26.7 Å². The van der Waals surface area contributed by atoms with Crippen LogP contribution in [0.2, 0.25) is 0 Å². The van der Waals surface area contributed by atoms with Crippen LogP contribution in [0, 0.1) is 5.41 Å². The molecule has 15 heavy (non-hydrogen) atoms. The first-order valence-electron chi connectivity index (χ1n) is 4.87. The smallest absolute Gasteiger partial charge is 0.277 e. The molecule has 5 heteroatoms. The second kappa shape index (κ2) is 4.25. The van der Waals surface area contributed by atoms with Crippen LogP contribution in [0.25, 0.3) is 0 Å². The number of allylic oxidation sites excluding steroid dienone is 1. The van der Waals surface area contributed by atoms with Crippen molar-refractivity contribution in [3.8, 4) is 0 Å². The van der Waals surface area contributed by atoms with Crippen molar-refractivity contribution in [3.05, 3.63) is 12.2 Å². The van der Waals surface area contributed by atoms with E-state index >= 15 is 0 Å². The maximum atomic E-state index is 11.7. The van der Waals surface area contributed by atoms with Crippen molar-refractivity contribution < 1.29 is 14.4 Å². The van der Waals surface area contributed by atoms with Gasteiger partial charge in [0.15, 0.2) is 0 Å². The van der Waals surface area contributed by atoms with E-state index in [0.717, 1.165) is 0 Å². The lowest BCUT2D eigenvalue weighted by Gasteiger charge is -2.30. The van der Waals surface area contributed by atoms with Gasteiger partial charge in [0.2, 0.25) is 11.8 Å². The number of hydrogen-bond acceptors (Lipinski definition) is 3. The van der Waals surface area contributed by atoms with Crippen LogP contribution in [0.15, 0.2) is 12.2 Å². The molecule has 0 aromatic rings. The van der Waals surface area contributed by atoms with E-state index in [1.807, 2.05) is 6.92 Å². The molecule has 0 bridgehead atoms. The Hall–Kier alpha value is -1.65. The SMILES string of the molecule is C/C=C/C1(CCC)C(=O)NC(=O)NC1=O. The van der Waals surface area contributed by atoms with Crippen molar-refractivity contribution >= 4 is 17.8 Å². The molecule has 0 saturated carbocycles. The lowest BCUT2D eigenvalue weighted by Crippen LogP contribution is -2.61. The summed E-state index contributed by atoms with van der Waals surface area (Å²) in [5.41, 5.74) is -1.22. The topological polar surface area (TPSA) is 75.3 Å². The highest BCUT2D eigenvalue weighted by Crippen LogP contribution is 2.28. The summed E-state index contributed by atoms with van der Waals surface area (Å²) in [4.78, 5) is 34.2. The van der Waals surface area contributed by atoms with Gasteiger partial charge in [-0.3, -0.25) is 20.2 Å². The highest BCUT2D eigenvalue weighted by Gasteiger charge is 2.47. The molecule has 0 aromatic carbocycles. The van der Waals surface area contributed by atoms with Crippen LogP contribution >= 0.6 is 0 Å². The Morgan fingerprint density at radius 3 is 2.13 bits per heavy atom. The third-order valence-corrected chi connectivity index (χ3v) is 2.36. The number of carbonyl (C=O) groups is 3. The van der Waals surface area contributed by atoms with Crippen molar-refractivity contribution in [2.24, 2.45) is 5.41 Å². The molecule has 82 valence electrons. The van der Waals surface area contributed by atoms with Crippen LogP contribution in [-0.4, -0.2) is 17.8 Å². The van der Waals surface area contributed by atoms with Gasteiger partial charge in [-0.05, 0) is 13.3 Å². The number of carbonyl (C=O) groups excluding carboxylic acids is 3. The molecule has 2 N–H and O–H groups in total. The summed E-state index contributed by atoms with van der Waals surface area (Å²) < 4.78 is 0. The zero-order chi connectivity index (χ0) is 11.5. The number of imide groups is 2. The Balaban J connectivity index is 3.08. The molecule has 0 aromatic heterocycles. The van der Waals surface area contributed by atoms with E-state index in [4.69, 9.17) is 0 Å². The monoisotopic (exact) mass is 210 g/mol. The summed E-state index contributed by atoms with van der Waals surface area (Å²) in [5.74, 6) is -1.09. The van der Waals surface area contributed by atoms with Gasteiger partial charge < -0.3 is 0 Å². The molecular weight excluding hydrogens is 196 g/mol. The van der Waals surface area contributed by atoms with Crippen LogP contribution in [0.5, 0.6) is 0 Å². The molecule has 1 aliphatic rings. The molecule has 1 saturated heterocycles. The van der Waals surface area contributed by atoms with E-state index in [-0.39, 0.29) is 0 Å². The van der Waals surface area contributed by atoms with E-state index in [1.54, 1.807) is 13.0 Å². The average Bonchev–Trinajstić information content (AvgIpc) is 2.14. The first-order valence-corrected chi connectivity index (χ1v) is 4.87. The van der Waals surface area contributed by atoms with Gasteiger partial charge in [0.1, 0.15) is 5.41 Å². The molecule has 1 aliphatic heterocycles. The standard InChI is InChI=1S/C10H14N2O3/c1-3-5-10(6-4-2)7(13)11-9(15)12-8(10)14/h3,5H,4,6H2,1-2H3,(H2,11,12,13,14,15)/b5-3+. The van der Waals surface area contributed by atoms with Crippen LogP contribution in [-0.2, 0) is 9.59 Å². The zero-order valence-corrected chi connectivity index (χ0v) is 8.79. The molecule has 1 fully saturated rings. The van der Waals surface area contributed by atoms with Gasteiger partial charge in [-0.1, -0.05) is 25.5 Å². The van der Waals surface area contributed by atoms with Gasteiger partial charge in [0.25, 0.3) is 0 Å². The first-order chi connectivity index (χ1) is 7.06. The Morgan fingerprint density at radius 1 is 1.20 bits per heavy atom. The zero-order valence-electron chi connectivity index (χ0n) is 8.79. The normalized spacial score (nSPS) is 20.3. The van der Waals surface area contributed by atoms with Crippen molar-refractivity contribution in [1.29, 1.82) is 0 Å². The molecule has 1 heterocycles. The molecular formula is C10H14N2O3. The molecule has 0 spiro atoms. The molecule has 0 radical (unpaired) electrons. The summed E-state index contributed by atoms with van der Waals surface area (Å²) in [6.07, 6.45) is 4.25. The number of nitrogens with one attached hydrogen (secondary N) is 2. The van der Waals surface area contributed by atoms with E-state index in [2.05, 4.69) is 10.6 Å². The fourth-order valence-corrected chi connectivity index (χ4v) is 1.70. The minimum absolute atomic E-state index is 0.391. The van der Waals surface area contributed by atoms with Gasteiger partial charge in [-0.2, -0.15) is 0 Å². The predicted molar refractivity (Wildman–Crippen MR) is 53.8 cm³/mol. The molecule has 0 unspecified atom stereocenters. The van der Waals surface area contributed by atoms with Crippen LogP contribution < -0.4 is 10.6 Å². The van der Waals surface area contributed by atoms with E-state index in [0.29, 0.717) is 12.8 Å². The molecule has 5 nitrogen and oxygen atoms in total. The fraction of sp³-hybridized carbons (Fsp3) is 0.500. The van der Waals surface area contributed by atoms with Gasteiger partial charge in [0, 0.05) is 0 Å². The number of hydrogen-bond donors (Lipinski definition) is 2. The van der Waals surface area contributed by atoms with Crippen LogP contribution in [0.1, 0.15) is 26.7 Å². The fourth-order valence-electron chi connectivity index (χ4n) is 1.70. The van der Waals surface area contributed by atoms with Crippen molar-refractivity contribution in [1.82, 2.24) is 10.6 Å².